The second-order valence-corrected chi connectivity index (χ2v) is 12.8. The summed E-state index contributed by atoms with van der Waals surface area (Å²) in [6.07, 6.45) is 0. The third-order valence-electron chi connectivity index (χ3n) is 4.71. The molecule has 0 saturated heterocycles. The first-order valence-electron chi connectivity index (χ1n) is 9.77. The number of hydrogen-bond acceptors (Lipinski definition) is 4. The van der Waals surface area contributed by atoms with E-state index in [1.807, 2.05) is 41.2 Å². The summed E-state index contributed by atoms with van der Waals surface area (Å²) in [5.74, 6) is 0. The summed E-state index contributed by atoms with van der Waals surface area (Å²) in [4.78, 5) is 0. The van der Waals surface area contributed by atoms with Crippen LogP contribution in [0.15, 0.2) is 121 Å². The van der Waals surface area contributed by atoms with E-state index in [9.17, 15) is 0 Å². The zero-order valence-corrected chi connectivity index (χ0v) is 19.6. The molecule has 0 radical (unpaired) electrons. The van der Waals surface area contributed by atoms with Crippen LogP contribution in [0.4, 0.5) is 0 Å². The molecular formula is C26H22S4. The van der Waals surface area contributed by atoms with Gasteiger partial charge in [-0.25, -0.2) is 0 Å². The normalized spacial score (nSPS) is 11.1. The quantitative estimate of drug-likeness (QED) is 0.179. The van der Waals surface area contributed by atoms with Crippen LogP contribution in [0.1, 0.15) is 32.8 Å². The Labute approximate surface area is 194 Å². The summed E-state index contributed by atoms with van der Waals surface area (Å²) in [7, 11) is 7.57. The van der Waals surface area contributed by atoms with Crippen molar-refractivity contribution in [1.82, 2.24) is 0 Å². The Balaban J connectivity index is 1.45. The Kier molecular flexibility index (Phi) is 8.33. The molecule has 4 heteroatoms. The van der Waals surface area contributed by atoms with Gasteiger partial charge in [0.2, 0.25) is 0 Å². The highest BCUT2D eigenvalue weighted by Gasteiger charge is 2.18. The van der Waals surface area contributed by atoms with E-state index in [0.717, 1.165) is 0 Å². The van der Waals surface area contributed by atoms with Crippen LogP contribution in [0.5, 0.6) is 0 Å². The molecule has 30 heavy (non-hydrogen) atoms. The fraction of sp³-hybridized carbons (Fsp3) is 0.0769. The monoisotopic (exact) mass is 462 g/mol. The first-order valence-corrected chi connectivity index (χ1v) is 14.7. The Morgan fingerprint density at radius 3 is 0.800 bits per heavy atom. The van der Waals surface area contributed by atoms with Gasteiger partial charge in [0.15, 0.2) is 0 Å². The second-order valence-electron chi connectivity index (χ2n) is 6.73. The van der Waals surface area contributed by atoms with Crippen molar-refractivity contribution >= 4 is 41.2 Å². The molecule has 4 aromatic rings. The first-order chi connectivity index (χ1) is 14.9. The van der Waals surface area contributed by atoms with Gasteiger partial charge in [-0.1, -0.05) is 143 Å². The average Bonchev–Trinajstić information content (AvgIpc) is 2.84. The Morgan fingerprint density at radius 2 is 0.567 bits per heavy atom. The summed E-state index contributed by atoms with van der Waals surface area (Å²) < 4.78 is 0. The zero-order chi connectivity index (χ0) is 20.4. The predicted octanol–water partition coefficient (Wildman–Crippen LogP) is 9.24. The molecule has 0 fully saturated rings. The third kappa shape index (κ3) is 5.92. The van der Waals surface area contributed by atoms with E-state index < -0.39 is 0 Å². The van der Waals surface area contributed by atoms with Crippen molar-refractivity contribution in [1.29, 1.82) is 0 Å². The number of benzene rings is 4. The average molecular weight is 463 g/mol. The summed E-state index contributed by atoms with van der Waals surface area (Å²) in [6.45, 7) is 0. The molecule has 4 aromatic carbocycles. The van der Waals surface area contributed by atoms with Crippen molar-refractivity contribution in [3.63, 3.8) is 0 Å². The van der Waals surface area contributed by atoms with Gasteiger partial charge in [0.25, 0.3) is 0 Å². The third-order valence-corrected chi connectivity index (χ3v) is 11.6. The standard InChI is InChI=1S/C26H22S4/c1-5-13-21(14-6-1)25(22-15-7-2-8-16-22)27-29-30-28-26(23-17-9-3-10-18-23)24-19-11-4-12-20-24/h1-20,25-26H. The first kappa shape index (κ1) is 21.5. The fourth-order valence-electron chi connectivity index (χ4n) is 3.23. The Bertz CT molecular complexity index is 828. The summed E-state index contributed by atoms with van der Waals surface area (Å²) >= 11 is 0. The van der Waals surface area contributed by atoms with Gasteiger partial charge < -0.3 is 0 Å². The smallest absolute Gasteiger partial charge is 0.0659 e. The van der Waals surface area contributed by atoms with Gasteiger partial charge in [-0.15, -0.1) is 0 Å². The molecule has 0 heterocycles. The molecule has 0 aliphatic carbocycles. The van der Waals surface area contributed by atoms with E-state index in [2.05, 4.69) is 121 Å². The van der Waals surface area contributed by atoms with Crippen molar-refractivity contribution < 1.29 is 0 Å². The van der Waals surface area contributed by atoms with Gasteiger partial charge in [-0.3, -0.25) is 0 Å². The minimum atomic E-state index is 0.317. The van der Waals surface area contributed by atoms with Crippen LogP contribution in [-0.4, -0.2) is 0 Å². The van der Waals surface area contributed by atoms with E-state index >= 15 is 0 Å². The molecule has 0 bridgehead atoms. The van der Waals surface area contributed by atoms with E-state index in [1.165, 1.54) is 22.3 Å². The van der Waals surface area contributed by atoms with Crippen LogP contribution in [0.25, 0.3) is 0 Å². The maximum atomic E-state index is 2.22. The van der Waals surface area contributed by atoms with E-state index in [4.69, 9.17) is 0 Å². The highest BCUT2D eigenvalue weighted by Crippen LogP contribution is 2.56. The lowest BCUT2D eigenvalue weighted by molar-refractivity contribution is 1.16. The van der Waals surface area contributed by atoms with Gasteiger partial charge in [0.1, 0.15) is 0 Å². The molecule has 0 N–H and O–H groups in total. The van der Waals surface area contributed by atoms with Crippen LogP contribution < -0.4 is 0 Å². The maximum absolute atomic E-state index is 2.22. The topological polar surface area (TPSA) is 0 Å². The predicted molar refractivity (Wildman–Crippen MR) is 140 cm³/mol. The minimum absolute atomic E-state index is 0.317. The highest BCUT2D eigenvalue weighted by molar-refractivity contribution is 9.26. The molecule has 0 unspecified atom stereocenters. The molecule has 150 valence electrons. The van der Waals surface area contributed by atoms with Crippen LogP contribution in [0.3, 0.4) is 0 Å². The van der Waals surface area contributed by atoms with Crippen molar-refractivity contribution in [3.05, 3.63) is 144 Å². The lowest BCUT2D eigenvalue weighted by Gasteiger charge is -2.19. The van der Waals surface area contributed by atoms with Crippen molar-refractivity contribution in [2.75, 3.05) is 0 Å². The Hall–Kier alpha value is -1.72. The summed E-state index contributed by atoms with van der Waals surface area (Å²) in [5.41, 5.74) is 5.37. The molecule has 0 aliphatic heterocycles. The summed E-state index contributed by atoms with van der Waals surface area (Å²) in [5, 5.41) is 0.634. The number of hydrogen-bond donors (Lipinski definition) is 0. The van der Waals surface area contributed by atoms with Gasteiger partial charge in [-0.2, -0.15) is 0 Å². The Morgan fingerprint density at radius 1 is 0.333 bits per heavy atom. The van der Waals surface area contributed by atoms with E-state index in [0.29, 0.717) is 10.5 Å². The zero-order valence-electron chi connectivity index (χ0n) is 16.3. The largest absolute Gasteiger partial charge is 0.0686 e. The molecule has 4 rings (SSSR count). The van der Waals surface area contributed by atoms with Gasteiger partial charge in [0, 0.05) is 0 Å². The second kappa shape index (κ2) is 11.6. The lowest BCUT2D eigenvalue weighted by atomic mass is 10.0. The molecule has 0 saturated carbocycles. The summed E-state index contributed by atoms with van der Waals surface area (Å²) in [6, 6.07) is 43.1. The van der Waals surface area contributed by atoms with Crippen LogP contribution in [0.2, 0.25) is 0 Å². The molecule has 0 nitrogen and oxygen atoms in total. The van der Waals surface area contributed by atoms with Crippen molar-refractivity contribution in [2.24, 2.45) is 0 Å². The fourth-order valence-corrected chi connectivity index (χ4v) is 10.2. The minimum Gasteiger partial charge on any atom is -0.0686 e. The molecule has 0 aliphatic rings. The van der Waals surface area contributed by atoms with Crippen molar-refractivity contribution in [3.8, 4) is 0 Å². The molecular weight excluding hydrogens is 441 g/mol. The molecule has 0 atom stereocenters. The van der Waals surface area contributed by atoms with Gasteiger partial charge in [0.05, 0.1) is 10.5 Å². The maximum Gasteiger partial charge on any atom is 0.0659 e. The van der Waals surface area contributed by atoms with E-state index in [1.54, 1.807) is 0 Å². The molecule has 0 spiro atoms. The van der Waals surface area contributed by atoms with Gasteiger partial charge >= 0.3 is 0 Å². The van der Waals surface area contributed by atoms with Crippen LogP contribution in [0, 0.1) is 0 Å². The molecule has 0 amide bonds. The van der Waals surface area contributed by atoms with Crippen LogP contribution in [-0.2, 0) is 0 Å². The van der Waals surface area contributed by atoms with E-state index in [-0.39, 0.29) is 0 Å². The SMILES string of the molecule is c1ccc(C(SSSSC(c2ccccc2)c2ccccc2)c2ccccc2)cc1. The van der Waals surface area contributed by atoms with Crippen molar-refractivity contribution in [2.45, 2.75) is 10.5 Å². The van der Waals surface area contributed by atoms with Crippen LogP contribution >= 0.6 is 41.2 Å². The number of rotatable bonds is 9. The highest BCUT2D eigenvalue weighted by atomic mass is 33.7. The lowest BCUT2D eigenvalue weighted by Crippen LogP contribution is -1.95. The van der Waals surface area contributed by atoms with Gasteiger partial charge in [-0.05, 0) is 41.9 Å². The molecule has 0 aromatic heterocycles.